The number of thioether (sulfide) groups is 1. The Bertz CT molecular complexity index is 566. The minimum atomic E-state index is -1.43. The van der Waals surface area contributed by atoms with Crippen molar-refractivity contribution in [2.75, 3.05) is 18.1 Å². The first-order valence-corrected chi connectivity index (χ1v) is 10.4. The number of carboxylic acids is 1. The van der Waals surface area contributed by atoms with Crippen molar-refractivity contribution in [3.63, 3.8) is 0 Å². The maximum absolute atomic E-state index is 12.5. The third-order valence-electron chi connectivity index (χ3n) is 4.89. The fourth-order valence-corrected chi connectivity index (χ4v) is 3.94. The van der Waals surface area contributed by atoms with Crippen LogP contribution < -0.4 is 0 Å². The minimum Gasteiger partial charge on any atom is -0.506 e. The third kappa shape index (κ3) is 6.97. The molecule has 0 radical (unpaired) electrons. The Morgan fingerprint density at radius 3 is 2.59 bits per heavy atom. The fourth-order valence-electron chi connectivity index (χ4n) is 2.94. The van der Waals surface area contributed by atoms with E-state index in [1.54, 1.807) is 25.6 Å². The van der Waals surface area contributed by atoms with Gasteiger partial charge in [0.2, 0.25) is 17.9 Å². The van der Waals surface area contributed by atoms with Crippen molar-refractivity contribution < 1.29 is 34.4 Å². The zero-order valence-corrected chi connectivity index (χ0v) is 16.8. The number of ketones is 2. The number of aliphatic hydroxyl groups excluding tert-OH is 2. The molecular weight excluding hydrogens is 372 g/mol. The molecule has 1 fully saturated rings. The van der Waals surface area contributed by atoms with Gasteiger partial charge in [-0.2, -0.15) is 11.8 Å². The van der Waals surface area contributed by atoms with E-state index in [9.17, 15) is 30.1 Å². The van der Waals surface area contributed by atoms with Gasteiger partial charge in [0.05, 0.1) is 6.61 Å². The van der Waals surface area contributed by atoms with E-state index >= 15 is 0 Å². The van der Waals surface area contributed by atoms with Crippen LogP contribution in [0, 0.1) is 5.41 Å². The number of unbranched alkanes of at least 4 members (excludes halogenated alkanes) is 1. The molecule has 27 heavy (non-hydrogen) atoms. The third-order valence-corrected chi connectivity index (χ3v) is 5.99. The van der Waals surface area contributed by atoms with E-state index in [-0.39, 0.29) is 31.7 Å². The topological polar surface area (TPSA) is 137 Å². The molecule has 3 atom stereocenters. The number of carbonyl (C=O) groups excluding carboxylic acids is 2. The molecule has 0 spiro atoms. The molecule has 0 amide bonds. The van der Waals surface area contributed by atoms with Gasteiger partial charge in [0, 0.05) is 36.9 Å². The van der Waals surface area contributed by atoms with Crippen molar-refractivity contribution in [3.05, 3.63) is 5.53 Å². The largest absolute Gasteiger partial charge is 0.506 e. The molecule has 0 aromatic rings. The molecule has 0 aliphatic carbocycles. The number of hydrogen-bond donors (Lipinski definition) is 3. The van der Waals surface area contributed by atoms with Crippen LogP contribution in [0.15, 0.2) is 0 Å². The Morgan fingerprint density at radius 2 is 2.00 bits per heavy atom. The lowest BCUT2D eigenvalue weighted by atomic mass is 9.81. The highest BCUT2D eigenvalue weighted by molar-refractivity contribution is 7.99. The van der Waals surface area contributed by atoms with Gasteiger partial charge in [-0.15, -0.1) is 0 Å². The van der Waals surface area contributed by atoms with Crippen molar-refractivity contribution in [2.24, 2.45) is 5.41 Å². The molecular formula is C18H30N2O6S. The number of carbonyl (C=O) groups is 3. The van der Waals surface area contributed by atoms with Gasteiger partial charge >= 0.3 is 5.97 Å². The van der Waals surface area contributed by atoms with Gasteiger partial charge in [0.1, 0.15) is 6.10 Å². The first-order chi connectivity index (χ1) is 12.6. The number of carboxylic acid groups (broad SMARTS) is 1. The van der Waals surface area contributed by atoms with Crippen LogP contribution in [0.1, 0.15) is 52.4 Å². The first kappa shape index (κ1) is 23.7. The van der Waals surface area contributed by atoms with Gasteiger partial charge in [-0.25, -0.2) is 0 Å². The van der Waals surface area contributed by atoms with Crippen LogP contribution in [0.5, 0.6) is 0 Å². The Morgan fingerprint density at radius 1 is 1.33 bits per heavy atom. The first-order valence-electron chi connectivity index (χ1n) is 9.24. The van der Waals surface area contributed by atoms with Gasteiger partial charge in [-0.1, -0.05) is 13.8 Å². The van der Waals surface area contributed by atoms with Crippen molar-refractivity contribution in [1.29, 1.82) is 0 Å². The van der Waals surface area contributed by atoms with E-state index in [0.717, 1.165) is 16.9 Å². The van der Waals surface area contributed by atoms with Crippen molar-refractivity contribution >= 4 is 29.3 Å². The smallest absolute Gasteiger partial charge is 0.303 e. The molecule has 1 aliphatic rings. The van der Waals surface area contributed by atoms with Crippen LogP contribution in [0.4, 0.5) is 0 Å². The van der Waals surface area contributed by atoms with Crippen LogP contribution >= 0.6 is 11.8 Å². The van der Waals surface area contributed by atoms with Gasteiger partial charge in [0.15, 0.2) is 5.78 Å². The SMILES string of the molecule is CC(C)(CO)C(O)C(=O)C1CCC(=O)C(CCSCCCCC(=O)O)[N+]1=[N-]. The Kier molecular flexibility index (Phi) is 9.55. The van der Waals surface area contributed by atoms with Crippen molar-refractivity contribution in [1.82, 2.24) is 0 Å². The van der Waals surface area contributed by atoms with Crippen LogP contribution in [0.2, 0.25) is 0 Å². The van der Waals surface area contributed by atoms with Crippen LogP contribution in [0.25, 0.3) is 5.53 Å². The normalized spacial score (nSPS) is 21.9. The molecule has 3 N–H and O–H groups in total. The maximum atomic E-state index is 12.5. The van der Waals surface area contributed by atoms with Gasteiger partial charge < -0.3 is 25.5 Å². The number of hydrogen-bond acceptors (Lipinski definition) is 6. The maximum Gasteiger partial charge on any atom is 0.303 e. The second-order valence-corrected chi connectivity index (χ2v) is 8.84. The Balaban J connectivity index is 2.53. The Hall–Kier alpha value is -1.32. The summed E-state index contributed by atoms with van der Waals surface area (Å²) in [6.07, 6.45) is 0.761. The average molecular weight is 403 g/mol. The van der Waals surface area contributed by atoms with Crippen LogP contribution in [0.3, 0.4) is 0 Å². The monoisotopic (exact) mass is 402 g/mol. The average Bonchev–Trinajstić information content (AvgIpc) is 2.61. The molecule has 1 heterocycles. The van der Waals surface area contributed by atoms with Crippen molar-refractivity contribution in [3.8, 4) is 0 Å². The summed E-state index contributed by atoms with van der Waals surface area (Å²) in [5.41, 5.74) is 9.38. The molecule has 1 saturated heterocycles. The summed E-state index contributed by atoms with van der Waals surface area (Å²) in [6.45, 7) is 2.74. The summed E-state index contributed by atoms with van der Waals surface area (Å²) in [5, 5.41) is 28.1. The number of piperidine rings is 1. The predicted molar refractivity (Wildman–Crippen MR) is 101 cm³/mol. The molecule has 0 saturated carbocycles. The molecule has 0 aromatic heterocycles. The Labute approximate surface area is 163 Å². The summed E-state index contributed by atoms with van der Waals surface area (Å²) < 4.78 is 0.774. The highest BCUT2D eigenvalue weighted by atomic mass is 32.2. The number of rotatable bonds is 12. The standard InChI is InChI=1S/C18H30N2O6S/c1-18(2,11-21)17(26)16(25)13-6-7-14(22)12(20(13)19)8-10-27-9-4-3-5-15(23)24/h12-13,17,21,26H,3-11H2,1-2H3,(H,23,24). The number of Topliss-reactive ketones (excluding diaryl/α,β-unsaturated/α-hetero) is 2. The quantitative estimate of drug-likeness (QED) is 0.332. The summed E-state index contributed by atoms with van der Waals surface area (Å²) in [4.78, 5) is 35.1. The van der Waals surface area contributed by atoms with E-state index in [1.165, 1.54) is 0 Å². The van der Waals surface area contributed by atoms with Crippen LogP contribution in [-0.4, -0.2) is 73.9 Å². The molecule has 8 nitrogen and oxygen atoms in total. The summed E-state index contributed by atoms with van der Waals surface area (Å²) in [6, 6.07) is -1.75. The second-order valence-electron chi connectivity index (χ2n) is 7.62. The zero-order chi connectivity index (χ0) is 20.6. The molecule has 3 unspecified atom stereocenters. The summed E-state index contributed by atoms with van der Waals surface area (Å²) >= 11 is 1.58. The van der Waals surface area contributed by atoms with Crippen LogP contribution in [-0.2, 0) is 14.4 Å². The molecule has 9 heteroatoms. The molecule has 154 valence electrons. The summed E-state index contributed by atoms with van der Waals surface area (Å²) in [7, 11) is 0. The number of nitrogens with zero attached hydrogens (tertiary/aromatic N) is 2. The van der Waals surface area contributed by atoms with Crippen molar-refractivity contribution in [2.45, 2.75) is 70.6 Å². The lowest BCUT2D eigenvalue weighted by Crippen LogP contribution is -2.53. The number of aliphatic carboxylic acids is 1. The predicted octanol–water partition coefficient (Wildman–Crippen LogP) is 1.45. The molecule has 1 rings (SSSR count). The van der Waals surface area contributed by atoms with E-state index in [1.807, 2.05) is 0 Å². The number of aliphatic hydroxyl groups is 2. The van der Waals surface area contributed by atoms with E-state index in [0.29, 0.717) is 18.6 Å². The highest BCUT2D eigenvalue weighted by Gasteiger charge is 2.45. The minimum absolute atomic E-state index is 0.135. The summed E-state index contributed by atoms with van der Waals surface area (Å²) in [5.74, 6) is -0.164. The van der Waals surface area contributed by atoms with E-state index in [4.69, 9.17) is 5.11 Å². The zero-order valence-electron chi connectivity index (χ0n) is 16.0. The second kappa shape index (κ2) is 10.9. The lowest BCUT2D eigenvalue weighted by molar-refractivity contribution is -0.601. The lowest BCUT2D eigenvalue weighted by Gasteiger charge is -2.33. The van der Waals surface area contributed by atoms with E-state index < -0.39 is 35.4 Å². The fraction of sp³-hybridized carbons (Fsp3) is 0.833. The highest BCUT2D eigenvalue weighted by Crippen LogP contribution is 2.27. The molecule has 1 aliphatic heterocycles. The van der Waals surface area contributed by atoms with Gasteiger partial charge in [0.25, 0.3) is 0 Å². The molecule has 0 aromatic carbocycles. The van der Waals surface area contributed by atoms with Gasteiger partial charge in [-0.05, 0) is 18.6 Å². The molecule has 0 bridgehead atoms. The van der Waals surface area contributed by atoms with Gasteiger partial charge in [-0.3, -0.25) is 14.4 Å². The van der Waals surface area contributed by atoms with E-state index in [2.05, 4.69) is 0 Å².